The number of likely N-dealkylation sites (tertiary alicyclic amines) is 1. The van der Waals surface area contributed by atoms with Crippen molar-refractivity contribution in [3.8, 4) is 0 Å². The van der Waals surface area contributed by atoms with Crippen LogP contribution in [0.2, 0.25) is 0 Å². The second kappa shape index (κ2) is 16.0. The Balaban J connectivity index is 1.50. The Morgan fingerprint density at radius 1 is 0.957 bits per heavy atom. The van der Waals surface area contributed by atoms with Crippen LogP contribution in [0, 0.1) is 5.92 Å². The molecule has 0 aromatic carbocycles. The molecule has 2 saturated carbocycles. The number of alkyl carbamates (subject to hydrolysis) is 1. The Bertz CT molecular complexity index is 1260. The van der Waals surface area contributed by atoms with Gasteiger partial charge in [0.2, 0.25) is 17.7 Å². The molecule has 3 N–H and O–H groups in total. The van der Waals surface area contributed by atoms with Gasteiger partial charge >= 0.3 is 12.1 Å². The zero-order valence-corrected chi connectivity index (χ0v) is 28.8. The molecule has 13 heteroatoms. The van der Waals surface area contributed by atoms with Crippen LogP contribution in [0.3, 0.4) is 0 Å². The zero-order chi connectivity index (χ0) is 34.2. The summed E-state index contributed by atoms with van der Waals surface area (Å²) in [5.74, 6) is -1.35. The van der Waals surface area contributed by atoms with Gasteiger partial charge in [-0.1, -0.05) is 51.4 Å². The third kappa shape index (κ3) is 9.70. The monoisotopic (exact) mass is 658 g/mol. The summed E-state index contributed by atoms with van der Waals surface area (Å²) < 4.78 is 12.3. The van der Waals surface area contributed by atoms with E-state index in [9.17, 15) is 24.0 Å². The van der Waals surface area contributed by atoms with Crippen LogP contribution >= 0.6 is 0 Å². The molecule has 2 heterocycles. The lowest BCUT2D eigenvalue weighted by atomic mass is 9.79. The van der Waals surface area contributed by atoms with Gasteiger partial charge in [0.25, 0.3) is 0 Å². The van der Waals surface area contributed by atoms with Crippen molar-refractivity contribution < 1.29 is 33.4 Å². The quantitative estimate of drug-likeness (QED) is 0.305. The van der Waals surface area contributed by atoms with Crippen molar-refractivity contribution in [2.45, 2.75) is 140 Å². The fourth-order valence-corrected chi connectivity index (χ4v) is 7.24. The summed E-state index contributed by atoms with van der Waals surface area (Å²) in [5.41, 5.74) is -1.24. The molecule has 47 heavy (non-hydrogen) atoms. The van der Waals surface area contributed by atoms with Crippen LogP contribution in [0.15, 0.2) is 12.5 Å². The fraction of sp³-hybridized carbons (Fsp3) is 0.765. The second-order valence-electron chi connectivity index (χ2n) is 14.5. The van der Waals surface area contributed by atoms with Crippen LogP contribution in [-0.4, -0.2) is 87.2 Å². The summed E-state index contributed by atoms with van der Waals surface area (Å²) in [6.07, 6.45) is 12.9. The second-order valence-corrected chi connectivity index (χ2v) is 14.5. The minimum atomic E-state index is -1.20. The first kappa shape index (κ1) is 36.2. The number of ether oxygens (including phenoxy) is 2. The van der Waals surface area contributed by atoms with Gasteiger partial charge in [-0.3, -0.25) is 14.4 Å². The van der Waals surface area contributed by atoms with E-state index in [2.05, 4.69) is 20.9 Å². The van der Waals surface area contributed by atoms with Crippen molar-refractivity contribution in [1.82, 2.24) is 30.4 Å². The number of aromatic nitrogens is 2. The van der Waals surface area contributed by atoms with Gasteiger partial charge in [-0.05, 0) is 58.8 Å². The maximum Gasteiger partial charge on any atom is 0.408 e. The predicted octanol–water partition coefficient (Wildman–Crippen LogP) is 3.29. The number of esters is 1. The molecule has 262 valence electrons. The number of rotatable bonds is 11. The maximum atomic E-state index is 14.1. The average Bonchev–Trinajstić information content (AvgIpc) is 3.69. The summed E-state index contributed by atoms with van der Waals surface area (Å²) in [4.78, 5) is 73.4. The summed E-state index contributed by atoms with van der Waals surface area (Å²) in [6.45, 7) is 5.56. The number of carbonyl (C=O) groups excluding carboxylic acids is 5. The molecule has 0 radical (unpaired) electrons. The number of methoxy groups -OCH3 is 1. The third-order valence-electron chi connectivity index (χ3n) is 9.75. The highest BCUT2D eigenvalue weighted by Crippen LogP contribution is 2.32. The van der Waals surface area contributed by atoms with Crippen LogP contribution in [0.25, 0.3) is 0 Å². The highest BCUT2D eigenvalue weighted by Gasteiger charge is 2.46. The van der Waals surface area contributed by atoms with Crippen molar-refractivity contribution >= 4 is 29.8 Å². The Kier molecular flexibility index (Phi) is 12.3. The molecule has 1 aliphatic heterocycles. The summed E-state index contributed by atoms with van der Waals surface area (Å²) in [5, 5.41) is 8.75. The van der Waals surface area contributed by atoms with Gasteiger partial charge in [0.05, 0.1) is 13.4 Å². The minimum Gasteiger partial charge on any atom is -0.467 e. The van der Waals surface area contributed by atoms with Crippen LogP contribution in [0.1, 0.15) is 110 Å². The molecule has 3 aliphatic rings. The third-order valence-corrected chi connectivity index (χ3v) is 9.75. The summed E-state index contributed by atoms with van der Waals surface area (Å²) in [7, 11) is 3.13. The SMILES string of the molecule is COC(=O)[C@H](CC1CCCCC1)NC(=O)C1(NC(=O)[C@H]2CCCN2C(=O)[C@H](Cc2cncn2C)NC(=O)OC(C)(C)C)CCCCC1. The summed E-state index contributed by atoms with van der Waals surface area (Å²) >= 11 is 0. The van der Waals surface area contributed by atoms with Gasteiger partial charge in [-0.25, -0.2) is 14.6 Å². The Hall–Kier alpha value is -3.64. The smallest absolute Gasteiger partial charge is 0.408 e. The number of aryl methyl sites for hydroxylation is 1. The average molecular weight is 659 g/mol. The van der Waals surface area contributed by atoms with E-state index >= 15 is 0 Å². The normalized spacial score (nSPS) is 21.3. The molecular weight excluding hydrogens is 604 g/mol. The van der Waals surface area contributed by atoms with Crippen molar-refractivity contribution in [2.75, 3.05) is 13.7 Å². The van der Waals surface area contributed by atoms with Gasteiger partial charge in [-0.2, -0.15) is 0 Å². The van der Waals surface area contributed by atoms with Crippen LogP contribution in [0.5, 0.6) is 0 Å². The molecule has 4 amide bonds. The summed E-state index contributed by atoms with van der Waals surface area (Å²) in [6, 6.07) is -2.61. The van der Waals surface area contributed by atoms with Gasteiger partial charge in [0.15, 0.2) is 0 Å². The molecule has 0 spiro atoms. The lowest BCUT2D eigenvalue weighted by molar-refractivity contribution is -0.148. The van der Waals surface area contributed by atoms with Crippen molar-refractivity contribution in [3.63, 3.8) is 0 Å². The number of hydrogen-bond donors (Lipinski definition) is 3. The van der Waals surface area contributed by atoms with E-state index in [1.807, 2.05) is 0 Å². The highest BCUT2D eigenvalue weighted by atomic mass is 16.6. The molecule has 0 bridgehead atoms. The van der Waals surface area contributed by atoms with Crippen LogP contribution in [0.4, 0.5) is 4.79 Å². The minimum absolute atomic E-state index is 0.154. The molecule has 3 atom stereocenters. The maximum absolute atomic E-state index is 14.1. The van der Waals surface area contributed by atoms with Gasteiger partial charge < -0.3 is 34.9 Å². The molecule has 1 saturated heterocycles. The molecule has 4 rings (SSSR count). The van der Waals surface area contributed by atoms with Crippen molar-refractivity contribution in [3.05, 3.63) is 18.2 Å². The van der Waals surface area contributed by atoms with Gasteiger partial charge in [0.1, 0.15) is 29.3 Å². The fourth-order valence-electron chi connectivity index (χ4n) is 7.24. The van der Waals surface area contributed by atoms with E-state index in [4.69, 9.17) is 9.47 Å². The lowest BCUT2D eigenvalue weighted by Gasteiger charge is -2.39. The highest BCUT2D eigenvalue weighted by molar-refractivity contribution is 5.97. The van der Waals surface area contributed by atoms with E-state index in [-0.39, 0.29) is 12.3 Å². The van der Waals surface area contributed by atoms with E-state index in [1.54, 1.807) is 44.9 Å². The number of hydrogen-bond acceptors (Lipinski definition) is 8. The number of imidazole rings is 1. The first-order valence-electron chi connectivity index (χ1n) is 17.3. The standard InChI is InChI=1S/C34H54N6O7/c1-33(2,3)47-32(45)37-25(20-24-21-35-22-39(24)4)29(42)40-18-12-15-27(40)28(41)38-34(16-10-7-11-17-34)31(44)36-26(30(43)46-5)19-23-13-8-6-9-14-23/h21-23,25-27H,6-20H2,1-5H3,(H,36,44)(H,37,45)(H,38,41)/t25-,26-,27+/m0/s1. The Labute approximate surface area is 278 Å². The number of carbonyl (C=O) groups is 5. The van der Waals surface area contributed by atoms with E-state index in [0.717, 1.165) is 50.6 Å². The first-order chi connectivity index (χ1) is 22.3. The molecule has 2 aliphatic carbocycles. The molecular formula is C34H54N6O7. The van der Waals surface area contributed by atoms with E-state index < -0.39 is 53.1 Å². The van der Waals surface area contributed by atoms with E-state index in [1.165, 1.54) is 18.4 Å². The predicted molar refractivity (Wildman–Crippen MR) is 174 cm³/mol. The van der Waals surface area contributed by atoms with E-state index in [0.29, 0.717) is 44.6 Å². The lowest BCUT2D eigenvalue weighted by Crippen LogP contribution is -2.64. The molecule has 13 nitrogen and oxygen atoms in total. The zero-order valence-electron chi connectivity index (χ0n) is 28.8. The largest absolute Gasteiger partial charge is 0.467 e. The molecule has 1 aromatic rings. The Morgan fingerprint density at radius 2 is 1.64 bits per heavy atom. The Morgan fingerprint density at radius 3 is 2.26 bits per heavy atom. The van der Waals surface area contributed by atoms with Crippen LogP contribution in [-0.2, 0) is 42.1 Å². The van der Waals surface area contributed by atoms with Crippen molar-refractivity contribution in [2.24, 2.45) is 13.0 Å². The topological polar surface area (TPSA) is 161 Å². The van der Waals surface area contributed by atoms with Crippen LogP contribution < -0.4 is 16.0 Å². The number of amides is 4. The molecule has 1 aromatic heterocycles. The van der Waals surface area contributed by atoms with Gasteiger partial charge in [0, 0.05) is 31.9 Å². The van der Waals surface area contributed by atoms with Crippen molar-refractivity contribution in [1.29, 1.82) is 0 Å². The first-order valence-corrected chi connectivity index (χ1v) is 17.3. The molecule has 0 unspecified atom stereocenters. The van der Waals surface area contributed by atoms with Gasteiger partial charge in [-0.15, -0.1) is 0 Å². The number of nitrogens with zero attached hydrogens (tertiary/aromatic N) is 3. The number of nitrogens with one attached hydrogen (secondary N) is 3. The molecule has 3 fully saturated rings.